The Morgan fingerprint density at radius 1 is 0.688 bits per heavy atom. The molecule has 0 fully saturated rings. The Morgan fingerprint density at radius 2 is 1.09 bits per heavy atom. The molecule has 0 saturated heterocycles. The van der Waals surface area contributed by atoms with E-state index in [4.69, 9.17) is 4.74 Å². The molecule has 1 aliphatic heterocycles. The van der Waals surface area contributed by atoms with Gasteiger partial charge in [-0.3, -0.25) is 5.01 Å². The second-order valence-electron chi connectivity index (χ2n) is 9.89. The van der Waals surface area contributed by atoms with E-state index in [1.54, 1.807) is 0 Å². The van der Waals surface area contributed by atoms with Crippen LogP contribution in [-0.4, -0.2) is 6.61 Å². The van der Waals surface area contributed by atoms with E-state index in [1.165, 1.54) is 33.6 Å². The summed E-state index contributed by atoms with van der Waals surface area (Å²) < 4.78 is 6.17. The van der Waals surface area contributed by atoms with Crippen LogP contribution in [0.4, 0.5) is 11.4 Å². The van der Waals surface area contributed by atoms with Crippen LogP contribution in [0.3, 0.4) is 0 Å². The lowest BCUT2D eigenvalue weighted by atomic mass is 9.92. The van der Waals surface area contributed by atoms with Crippen molar-refractivity contribution in [3.63, 3.8) is 0 Å². The van der Waals surface area contributed by atoms with Crippen LogP contribution in [0, 0.1) is 0 Å². The average Bonchev–Trinajstić information content (AvgIpc) is 3.15. The second kappa shape index (κ2) is 9.99. The molecule has 2 aromatic carbocycles. The first-order valence-corrected chi connectivity index (χ1v) is 12.1. The third-order valence-corrected chi connectivity index (χ3v) is 6.11. The van der Waals surface area contributed by atoms with Crippen molar-refractivity contribution in [1.82, 2.24) is 5.53 Å². The summed E-state index contributed by atoms with van der Waals surface area (Å²) in [4.78, 5) is 0. The molecule has 4 heteroatoms. The van der Waals surface area contributed by atoms with Gasteiger partial charge in [0, 0.05) is 0 Å². The largest absolute Gasteiger partial charge is 0.477 e. The Labute approximate surface area is 195 Å². The van der Waals surface area contributed by atoms with E-state index in [0.717, 1.165) is 5.88 Å². The van der Waals surface area contributed by atoms with Gasteiger partial charge in [0.2, 0.25) is 5.88 Å². The molecule has 0 atom stereocenters. The van der Waals surface area contributed by atoms with Gasteiger partial charge in [-0.2, -0.15) is 0 Å². The van der Waals surface area contributed by atoms with Crippen molar-refractivity contribution in [3.8, 4) is 0 Å². The minimum atomic E-state index is 0.400. The highest BCUT2D eigenvalue weighted by Gasteiger charge is 2.32. The molecule has 0 unspecified atom stereocenters. The normalized spacial score (nSPS) is 14.3. The van der Waals surface area contributed by atoms with Crippen LogP contribution in [0.25, 0.3) is 0 Å². The molecule has 1 N–H and O–H groups in total. The van der Waals surface area contributed by atoms with Crippen molar-refractivity contribution < 1.29 is 4.74 Å². The molecular weight excluding hydrogens is 394 g/mol. The zero-order valence-electron chi connectivity index (χ0n) is 21.4. The van der Waals surface area contributed by atoms with Crippen molar-refractivity contribution in [2.24, 2.45) is 0 Å². The molecule has 174 valence electrons. The summed E-state index contributed by atoms with van der Waals surface area (Å²) >= 11 is 0. The fraction of sp³-hybridized carbons (Fsp3) is 0.500. The number of anilines is 2. The molecule has 0 spiro atoms. The number of para-hydroxylation sites is 2. The van der Waals surface area contributed by atoms with E-state index in [0.29, 0.717) is 30.3 Å². The van der Waals surface area contributed by atoms with Crippen LogP contribution >= 0.6 is 0 Å². The molecule has 2 aromatic rings. The molecule has 0 saturated carbocycles. The van der Waals surface area contributed by atoms with E-state index in [2.05, 4.69) is 114 Å². The number of ether oxygens (including phenoxy) is 1. The molecule has 1 heterocycles. The highest BCUT2D eigenvalue weighted by Crippen LogP contribution is 2.41. The lowest BCUT2D eigenvalue weighted by molar-refractivity contribution is 0.220. The third-order valence-electron chi connectivity index (χ3n) is 6.11. The van der Waals surface area contributed by atoms with E-state index < -0.39 is 0 Å². The molecule has 0 radical (unpaired) electrons. The molecule has 0 bridgehead atoms. The van der Waals surface area contributed by atoms with Crippen molar-refractivity contribution in [2.45, 2.75) is 86.0 Å². The Bertz CT molecular complexity index is 907. The Morgan fingerprint density at radius 3 is 1.47 bits per heavy atom. The van der Waals surface area contributed by atoms with Gasteiger partial charge in [0.15, 0.2) is 0 Å². The second-order valence-corrected chi connectivity index (χ2v) is 9.89. The number of hydrazine groups is 2. The van der Waals surface area contributed by atoms with Crippen molar-refractivity contribution in [3.05, 3.63) is 70.7 Å². The Kier molecular flexibility index (Phi) is 7.55. The van der Waals surface area contributed by atoms with Gasteiger partial charge in [-0.25, -0.2) is 5.01 Å². The summed E-state index contributed by atoms with van der Waals surface area (Å²) in [5, 5.41) is 4.31. The number of nitrogens with zero attached hydrogens (tertiary/aromatic N) is 2. The maximum absolute atomic E-state index is 6.17. The summed E-state index contributed by atoms with van der Waals surface area (Å²) in [7, 11) is 0. The lowest BCUT2D eigenvalue weighted by Crippen LogP contribution is -2.43. The van der Waals surface area contributed by atoms with Crippen LogP contribution in [0.2, 0.25) is 0 Å². The van der Waals surface area contributed by atoms with Gasteiger partial charge in [0.1, 0.15) is 0 Å². The molecule has 32 heavy (non-hydrogen) atoms. The monoisotopic (exact) mass is 435 g/mol. The SMILES string of the molecule is CCOC1=CN(c2c(C(C)C)cccc2C(C)C)NN1c1c(C(C)C)cccc1C(C)C. The molecule has 4 nitrogen and oxygen atoms in total. The molecule has 3 rings (SSSR count). The van der Waals surface area contributed by atoms with E-state index in [-0.39, 0.29) is 0 Å². The van der Waals surface area contributed by atoms with Crippen LogP contribution in [0.1, 0.15) is 108 Å². The van der Waals surface area contributed by atoms with Crippen LogP contribution in [-0.2, 0) is 4.74 Å². The topological polar surface area (TPSA) is 27.7 Å². The summed E-state index contributed by atoms with van der Waals surface area (Å²) in [5.74, 6) is 2.46. The van der Waals surface area contributed by atoms with Crippen LogP contribution in [0.5, 0.6) is 0 Å². The number of hydrogen-bond donors (Lipinski definition) is 1. The van der Waals surface area contributed by atoms with Gasteiger partial charge in [-0.05, 0) is 52.8 Å². The standard InChI is InChI=1S/C28H41N3O/c1-10-32-26-17-30(27-22(18(2)3)13-11-14-23(27)19(4)5)29-31(26)28-24(20(6)7)15-12-16-25(28)21(8)9/h11-21,29H,10H2,1-9H3. The minimum absolute atomic E-state index is 0.400. The predicted molar refractivity (Wildman–Crippen MR) is 137 cm³/mol. The van der Waals surface area contributed by atoms with Gasteiger partial charge in [0.05, 0.1) is 24.2 Å². The lowest BCUT2D eigenvalue weighted by Gasteiger charge is -2.32. The smallest absolute Gasteiger partial charge is 0.228 e. The molecular formula is C28H41N3O. The van der Waals surface area contributed by atoms with E-state index in [1.807, 2.05) is 6.92 Å². The molecule has 1 aliphatic rings. The first-order chi connectivity index (χ1) is 15.2. The van der Waals surface area contributed by atoms with Crippen molar-refractivity contribution in [2.75, 3.05) is 16.6 Å². The summed E-state index contributed by atoms with van der Waals surface area (Å²) in [6, 6.07) is 13.3. The fourth-order valence-electron chi connectivity index (χ4n) is 4.44. The van der Waals surface area contributed by atoms with Crippen molar-refractivity contribution >= 4 is 11.4 Å². The Hall–Kier alpha value is -2.46. The van der Waals surface area contributed by atoms with Gasteiger partial charge >= 0.3 is 0 Å². The number of rotatable bonds is 8. The molecule has 0 amide bonds. The average molecular weight is 436 g/mol. The van der Waals surface area contributed by atoms with Crippen LogP contribution < -0.4 is 15.6 Å². The highest BCUT2D eigenvalue weighted by molar-refractivity contribution is 5.69. The number of benzene rings is 2. The summed E-state index contributed by atoms with van der Waals surface area (Å²) in [6.07, 6.45) is 2.11. The maximum Gasteiger partial charge on any atom is 0.228 e. The van der Waals surface area contributed by atoms with E-state index >= 15 is 0 Å². The minimum Gasteiger partial charge on any atom is -0.477 e. The number of nitrogens with one attached hydrogen (secondary N) is 1. The summed E-state index contributed by atoms with van der Waals surface area (Å²) in [5.41, 5.74) is 11.4. The predicted octanol–water partition coefficient (Wildman–Crippen LogP) is 7.76. The maximum atomic E-state index is 6.17. The molecule has 0 aliphatic carbocycles. The fourth-order valence-corrected chi connectivity index (χ4v) is 4.44. The summed E-state index contributed by atoms with van der Waals surface area (Å²) in [6.45, 7) is 20.7. The molecule has 0 aromatic heterocycles. The Balaban J connectivity index is 2.18. The van der Waals surface area contributed by atoms with Crippen LogP contribution in [0.15, 0.2) is 48.5 Å². The zero-order valence-corrected chi connectivity index (χ0v) is 21.4. The highest BCUT2D eigenvalue weighted by atomic mass is 16.5. The number of hydrogen-bond acceptors (Lipinski definition) is 4. The third kappa shape index (κ3) is 4.66. The van der Waals surface area contributed by atoms with Gasteiger partial charge in [0.25, 0.3) is 0 Å². The van der Waals surface area contributed by atoms with E-state index in [9.17, 15) is 0 Å². The quantitative estimate of drug-likeness (QED) is 0.458. The van der Waals surface area contributed by atoms with Gasteiger partial charge in [-0.1, -0.05) is 91.8 Å². The van der Waals surface area contributed by atoms with Crippen molar-refractivity contribution in [1.29, 1.82) is 0 Å². The first kappa shape index (κ1) is 24.2. The first-order valence-electron chi connectivity index (χ1n) is 12.1. The zero-order chi connectivity index (χ0) is 23.6. The van der Waals surface area contributed by atoms with Gasteiger partial charge < -0.3 is 4.74 Å². The van der Waals surface area contributed by atoms with Gasteiger partial charge in [-0.15, -0.1) is 5.53 Å².